The number of hydrogen-bond donors (Lipinski definition) is 1. The number of anilines is 3. The van der Waals surface area contributed by atoms with Crippen LogP contribution < -0.4 is 20.3 Å². The number of hydrogen-bond acceptors (Lipinski definition) is 8. The van der Waals surface area contributed by atoms with Crippen LogP contribution in [0, 0.1) is 0 Å². The van der Waals surface area contributed by atoms with Crippen LogP contribution in [-0.4, -0.2) is 63.7 Å². The van der Waals surface area contributed by atoms with Gasteiger partial charge in [-0.25, -0.2) is 4.98 Å². The van der Waals surface area contributed by atoms with Crippen LogP contribution in [0.25, 0.3) is 10.8 Å². The molecule has 5 heterocycles. The monoisotopic (exact) mass is 544 g/mol. The second-order valence-electron chi connectivity index (χ2n) is 10.8. The molecule has 1 saturated heterocycles. The minimum Gasteiger partial charge on any atom is -0.462 e. The number of nitrogens with zero attached hydrogens (tertiary/aromatic N) is 7. The lowest BCUT2D eigenvalue weighted by Crippen LogP contribution is -2.38. The Hall–Kier alpha value is -3.56. The molecule has 1 fully saturated rings. The average molecular weight is 545 g/mol. The summed E-state index contributed by atoms with van der Waals surface area (Å²) in [5.74, 6) is 1.54. The van der Waals surface area contributed by atoms with Crippen molar-refractivity contribution >= 4 is 39.8 Å². The van der Waals surface area contributed by atoms with E-state index in [0.717, 1.165) is 77.7 Å². The molecule has 0 bridgehead atoms. The molecule has 0 saturated carbocycles. The lowest BCUT2D eigenvalue weighted by Gasteiger charge is -2.35. The van der Waals surface area contributed by atoms with E-state index in [1.807, 2.05) is 18.3 Å². The summed E-state index contributed by atoms with van der Waals surface area (Å²) in [7, 11) is 2.16. The minimum absolute atomic E-state index is 0.398. The van der Waals surface area contributed by atoms with Crippen LogP contribution in [0.4, 0.5) is 17.5 Å². The number of likely N-dealkylation sites (N-methyl/N-ethyl adjacent to an activating group) is 1. The van der Waals surface area contributed by atoms with Crippen LogP contribution in [0.3, 0.4) is 0 Å². The van der Waals surface area contributed by atoms with Gasteiger partial charge in [-0.2, -0.15) is 9.97 Å². The number of ether oxygens (including phenoxy) is 1. The molecule has 0 radical (unpaired) electrons. The SMILES string of the molecule is CN1CCC[C@H]1COc1nc2c(c(N3CCn4c(cnc4N)C3)n1)CCN(c1cccc3cccc(Cl)c13)C2. The van der Waals surface area contributed by atoms with Crippen LogP contribution >= 0.6 is 11.6 Å². The van der Waals surface area contributed by atoms with Gasteiger partial charge < -0.3 is 29.7 Å². The fourth-order valence-corrected chi connectivity index (χ4v) is 6.59. The Balaban J connectivity index is 1.24. The van der Waals surface area contributed by atoms with Crippen molar-refractivity contribution in [2.24, 2.45) is 0 Å². The van der Waals surface area contributed by atoms with E-state index in [1.165, 1.54) is 12.0 Å². The zero-order chi connectivity index (χ0) is 26.5. The maximum absolute atomic E-state index is 6.69. The van der Waals surface area contributed by atoms with E-state index >= 15 is 0 Å². The molecule has 0 aliphatic carbocycles. The van der Waals surface area contributed by atoms with Gasteiger partial charge >= 0.3 is 6.01 Å². The molecule has 0 amide bonds. The highest BCUT2D eigenvalue weighted by Crippen LogP contribution is 2.37. The van der Waals surface area contributed by atoms with Gasteiger partial charge in [-0.15, -0.1) is 0 Å². The fourth-order valence-electron chi connectivity index (χ4n) is 6.31. The molecular weight excluding hydrogens is 512 g/mol. The average Bonchev–Trinajstić information content (AvgIpc) is 3.55. The first-order valence-corrected chi connectivity index (χ1v) is 14.1. The van der Waals surface area contributed by atoms with E-state index in [2.05, 4.69) is 55.6 Å². The number of rotatable bonds is 5. The van der Waals surface area contributed by atoms with Crippen molar-refractivity contribution in [1.82, 2.24) is 24.4 Å². The van der Waals surface area contributed by atoms with Crippen LogP contribution in [-0.2, 0) is 26.1 Å². The molecule has 9 nitrogen and oxygen atoms in total. The molecular formula is C29H33ClN8O. The topological polar surface area (TPSA) is 88.6 Å². The van der Waals surface area contributed by atoms with E-state index in [0.29, 0.717) is 37.7 Å². The van der Waals surface area contributed by atoms with Gasteiger partial charge in [0.05, 0.1) is 35.7 Å². The van der Waals surface area contributed by atoms with Crippen molar-refractivity contribution in [3.8, 4) is 6.01 Å². The molecule has 7 rings (SSSR count). The molecule has 4 aromatic rings. The highest BCUT2D eigenvalue weighted by molar-refractivity contribution is 6.36. The number of nitrogen functional groups attached to an aromatic ring is 1. The molecule has 10 heteroatoms. The first kappa shape index (κ1) is 24.5. The molecule has 0 unspecified atom stereocenters. The predicted octanol–water partition coefficient (Wildman–Crippen LogP) is 4.12. The van der Waals surface area contributed by atoms with Crippen LogP contribution in [0.2, 0.25) is 5.02 Å². The van der Waals surface area contributed by atoms with Crippen molar-refractivity contribution in [2.75, 3.05) is 48.8 Å². The molecule has 202 valence electrons. The van der Waals surface area contributed by atoms with Gasteiger partial charge in [0.25, 0.3) is 0 Å². The van der Waals surface area contributed by atoms with Gasteiger partial charge in [0, 0.05) is 42.3 Å². The van der Waals surface area contributed by atoms with Crippen molar-refractivity contribution in [3.63, 3.8) is 0 Å². The van der Waals surface area contributed by atoms with Crippen molar-refractivity contribution in [2.45, 2.75) is 44.9 Å². The summed E-state index contributed by atoms with van der Waals surface area (Å²) in [5, 5.41) is 3.00. The molecule has 2 N–H and O–H groups in total. The third kappa shape index (κ3) is 4.43. The van der Waals surface area contributed by atoms with E-state index in [9.17, 15) is 0 Å². The molecule has 39 heavy (non-hydrogen) atoms. The zero-order valence-electron chi connectivity index (χ0n) is 22.2. The van der Waals surface area contributed by atoms with E-state index in [1.54, 1.807) is 0 Å². The number of benzene rings is 2. The summed E-state index contributed by atoms with van der Waals surface area (Å²) >= 11 is 6.69. The maximum atomic E-state index is 6.69. The summed E-state index contributed by atoms with van der Waals surface area (Å²) in [6.07, 6.45) is 5.05. The molecule has 0 spiro atoms. The maximum Gasteiger partial charge on any atom is 0.318 e. The third-order valence-electron chi connectivity index (χ3n) is 8.49. The van der Waals surface area contributed by atoms with Gasteiger partial charge in [0.1, 0.15) is 12.4 Å². The number of halogens is 1. The van der Waals surface area contributed by atoms with Gasteiger partial charge in [0.15, 0.2) is 5.95 Å². The fraction of sp³-hybridized carbons (Fsp3) is 0.414. The Kier molecular flexibility index (Phi) is 6.20. The van der Waals surface area contributed by atoms with Crippen molar-refractivity contribution < 1.29 is 4.74 Å². The van der Waals surface area contributed by atoms with Crippen molar-refractivity contribution in [3.05, 3.63) is 64.6 Å². The Morgan fingerprint density at radius 1 is 1.03 bits per heavy atom. The Bertz CT molecular complexity index is 1530. The quantitative estimate of drug-likeness (QED) is 0.401. The smallest absolute Gasteiger partial charge is 0.318 e. The summed E-state index contributed by atoms with van der Waals surface area (Å²) in [5.41, 5.74) is 10.5. The first-order chi connectivity index (χ1) is 19.0. The van der Waals surface area contributed by atoms with Gasteiger partial charge in [-0.1, -0.05) is 35.9 Å². The molecule has 3 aliphatic heterocycles. The highest BCUT2D eigenvalue weighted by atomic mass is 35.5. The summed E-state index contributed by atoms with van der Waals surface area (Å²) in [4.78, 5) is 21.4. The number of aromatic nitrogens is 4. The number of imidazole rings is 1. The first-order valence-electron chi connectivity index (χ1n) is 13.7. The third-order valence-corrected chi connectivity index (χ3v) is 8.80. The second kappa shape index (κ2) is 9.88. The largest absolute Gasteiger partial charge is 0.462 e. The number of likely N-dealkylation sites (tertiary alicyclic amines) is 1. The van der Waals surface area contributed by atoms with Gasteiger partial charge in [0.2, 0.25) is 0 Å². The van der Waals surface area contributed by atoms with Gasteiger partial charge in [-0.05, 0) is 50.4 Å². The summed E-state index contributed by atoms with van der Waals surface area (Å²) < 4.78 is 8.38. The standard InChI is InChI=1S/C29H33ClN8O/c1-35-11-4-7-20(35)18-39-29-33-24-17-36(25-9-3-6-19-5-2-8-23(30)26(19)25)12-10-22(24)27(34-29)37-13-14-38-21(16-37)15-32-28(38)31/h2-3,5-6,8-9,15,20H,4,7,10-14,16-18H2,1H3,(H2,31,32)/t20-/m0/s1. The van der Waals surface area contributed by atoms with Crippen LogP contribution in [0.15, 0.2) is 42.6 Å². The Labute approximate surface area is 233 Å². The Morgan fingerprint density at radius 3 is 2.74 bits per heavy atom. The minimum atomic E-state index is 0.398. The Morgan fingerprint density at radius 2 is 1.90 bits per heavy atom. The predicted molar refractivity (Wildman–Crippen MR) is 155 cm³/mol. The number of fused-ring (bicyclic) bond motifs is 3. The number of nitrogens with two attached hydrogens (primary N) is 1. The van der Waals surface area contributed by atoms with Crippen molar-refractivity contribution in [1.29, 1.82) is 0 Å². The molecule has 3 aliphatic rings. The van der Waals surface area contributed by atoms with E-state index in [4.69, 9.17) is 32.0 Å². The lowest BCUT2D eigenvalue weighted by molar-refractivity contribution is 0.187. The van der Waals surface area contributed by atoms with Gasteiger partial charge in [-0.3, -0.25) is 0 Å². The second-order valence-corrected chi connectivity index (χ2v) is 11.2. The normalized spacial score (nSPS) is 19.4. The lowest BCUT2D eigenvalue weighted by atomic mass is 10.0. The van der Waals surface area contributed by atoms with Crippen LogP contribution in [0.1, 0.15) is 29.8 Å². The summed E-state index contributed by atoms with van der Waals surface area (Å²) in [6.45, 7) is 5.54. The van der Waals surface area contributed by atoms with E-state index in [-0.39, 0.29) is 0 Å². The molecule has 1 atom stereocenters. The molecule has 2 aromatic heterocycles. The zero-order valence-corrected chi connectivity index (χ0v) is 22.9. The summed E-state index contributed by atoms with van der Waals surface area (Å²) in [6, 6.07) is 13.3. The van der Waals surface area contributed by atoms with Crippen LogP contribution in [0.5, 0.6) is 6.01 Å². The van der Waals surface area contributed by atoms with E-state index < -0.39 is 0 Å². The highest BCUT2D eigenvalue weighted by Gasteiger charge is 2.30. The molecule has 2 aromatic carbocycles.